The number of hydrogen-bond donors (Lipinski definition) is 1. The van der Waals surface area contributed by atoms with Crippen molar-refractivity contribution in [1.82, 2.24) is 10.2 Å². The van der Waals surface area contributed by atoms with E-state index in [0.29, 0.717) is 6.42 Å². The fourth-order valence-corrected chi connectivity index (χ4v) is 3.16. The third-order valence-electron chi connectivity index (χ3n) is 2.98. The first-order valence-corrected chi connectivity index (χ1v) is 8.08. The molecule has 7 heteroatoms. The van der Waals surface area contributed by atoms with Crippen molar-refractivity contribution in [2.75, 3.05) is 18.6 Å². The normalized spacial score (nSPS) is 23.5. The van der Waals surface area contributed by atoms with E-state index in [2.05, 4.69) is 5.32 Å². The summed E-state index contributed by atoms with van der Waals surface area (Å²) in [6.07, 6.45) is 1.87. The first kappa shape index (κ1) is 14.9. The second-order valence-electron chi connectivity index (χ2n) is 4.75. The molecule has 0 aromatic rings. The summed E-state index contributed by atoms with van der Waals surface area (Å²) in [5.41, 5.74) is 0. The maximum atomic E-state index is 12.2. The predicted octanol–water partition coefficient (Wildman–Crippen LogP) is -0.453. The minimum atomic E-state index is -3.14. The van der Waals surface area contributed by atoms with Crippen molar-refractivity contribution in [3.63, 3.8) is 0 Å². The van der Waals surface area contributed by atoms with Crippen molar-refractivity contribution in [2.24, 2.45) is 0 Å². The van der Waals surface area contributed by atoms with Crippen molar-refractivity contribution in [2.45, 2.75) is 38.8 Å². The van der Waals surface area contributed by atoms with Crippen molar-refractivity contribution in [3.05, 3.63) is 0 Å². The minimum Gasteiger partial charge on any atom is -0.344 e. The van der Waals surface area contributed by atoms with Gasteiger partial charge in [-0.05, 0) is 13.3 Å². The van der Waals surface area contributed by atoms with E-state index in [0.717, 1.165) is 6.26 Å². The van der Waals surface area contributed by atoms with E-state index in [1.54, 1.807) is 6.92 Å². The Morgan fingerprint density at radius 3 is 2.56 bits per heavy atom. The summed E-state index contributed by atoms with van der Waals surface area (Å²) < 4.78 is 22.5. The SMILES string of the molecule is CCC1NC(=O)CCN(C(C)CS(C)(=O)=O)C1=O. The number of carbonyl (C=O) groups excluding carboxylic acids is 2. The van der Waals surface area contributed by atoms with Gasteiger partial charge in [-0.1, -0.05) is 6.92 Å². The molecule has 1 heterocycles. The zero-order valence-corrected chi connectivity index (χ0v) is 11.8. The van der Waals surface area contributed by atoms with Crippen LogP contribution in [0.5, 0.6) is 0 Å². The van der Waals surface area contributed by atoms with Gasteiger partial charge in [-0.2, -0.15) is 0 Å². The second kappa shape index (κ2) is 5.69. The van der Waals surface area contributed by atoms with E-state index in [4.69, 9.17) is 0 Å². The molecule has 0 aromatic carbocycles. The number of carbonyl (C=O) groups is 2. The van der Waals surface area contributed by atoms with Crippen molar-refractivity contribution < 1.29 is 18.0 Å². The summed E-state index contributed by atoms with van der Waals surface area (Å²) in [7, 11) is -3.14. The molecule has 1 fully saturated rings. The average Bonchev–Trinajstić information content (AvgIpc) is 2.36. The number of amides is 2. The van der Waals surface area contributed by atoms with Crippen molar-refractivity contribution in [1.29, 1.82) is 0 Å². The Hall–Kier alpha value is -1.11. The standard InChI is InChI=1S/C11H20N2O4S/c1-4-9-11(15)13(6-5-10(14)12-9)8(2)7-18(3,16)17/h8-9H,4-7H2,1-3H3,(H,12,14). The van der Waals surface area contributed by atoms with E-state index >= 15 is 0 Å². The molecule has 1 aliphatic rings. The second-order valence-corrected chi connectivity index (χ2v) is 6.94. The Kier molecular flexibility index (Phi) is 4.72. The Bertz CT molecular complexity index is 432. The number of sulfone groups is 1. The lowest BCUT2D eigenvalue weighted by atomic mass is 10.2. The number of nitrogens with zero attached hydrogens (tertiary/aromatic N) is 1. The van der Waals surface area contributed by atoms with Crippen LogP contribution in [0.2, 0.25) is 0 Å². The van der Waals surface area contributed by atoms with Crippen LogP contribution in [-0.2, 0) is 19.4 Å². The van der Waals surface area contributed by atoms with E-state index < -0.39 is 21.9 Å². The highest BCUT2D eigenvalue weighted by Crippen LogP contribution is 2.11. The Labute approximate surface area is 108 Å². The van der Waals surface area contributed by atoms with E-state index in [1.165, 1.54) is 4.90 Å². The van der Waals surface area contributed by atoms with Gasteiger partial charge in [-0.15, -0.1) is 0 Å². The Balaban J connectivity index is 2.85. The summed E-state index contributed by atoms with van der Waals surface area (Å²) in [6.45, 7) is 3.78. The fraction of sp³-hybridized carbons (Fsp3) is 0.818. The highest BCUT2D eigenvalue weighted by Gasteiger charge is 2.32. The summed E-state index contributed by atoms with van der Waals surface area (Å²) >= 11 is 0. The average molecular weight is 276 g/mol. The molecular formula is C11H20N2O4S. The van der Waals surface area contributed by atoms with Gasteiger partial charge in [0.15, 0.2) is 0 Å². The molecule has 1 rings (SSSR count). The first-order valence-electron chi connectivity index (χ1n) is 6.02. The minimum absolute atomic E-state index is 0.0800. The largest absolute Gasteiger partial charge is 0.344 e. The van der Waals surface area contributed by atoms with Gasteiger partial charge in [0.2, 0.25) is 11.8 Å². The molecule has 2 atom stereocenters. The van der Waals surface area contributed by atoms with Crippen LogP contribution >= 0.6 is 0 Å². The van der Waals surface area contributed by atoms with Crippen LogP contribution in [0.15, 0.2) is 0 Å². The van der Waals surface area contributed by atoms with Gasteiger partial charge in [-0.3, -0.25) is 9.59 Å². The maximum Gasteiger partial charge on any atom is 0.245 e. The van der Waals surface area contributed by atoms with Crippen LogP contribution < -0.4 is 5.32 Å². The molecule has 1 N–H and O–H groups in total. The number of rotatable bonds is 4. The summed E-state index contributed by atoms with van der Waals surface area (Å²) in [6, 6.07) is -0.948. The van der Waals surface area contributed by atoms with Gasteiger partial charge in [0, 0.05) is 25.3 Å². The molecule has 0 aliphatic carbocycles. The van der Waals surface area contributed by atoms with E-state index in [-0.39, 0.29) is 30.5 Å². The molecule has 104 valence electrons. The van der Waals surface area contributed by atoms with Gasteiger partial charge in [0.25, 0.3) is 0 Å². The van der Waals surface area contributed by atoms with Crippen LogP contribution in [0.1, 0.15) is 26.7 Å². The van der Waals surface area contributed by atoms with Gasteiger partial charge < -0.3 is 10.2 Å². The number of hydrogen-bond acceptors (Lipinski definition) is 4. The van der Waals surface area contributed by atoms with Crippen LogP contribution in [0.25, 0.3) is 0 Å². The van der Waals surface area contributed by atoms with Gasteiger partial charge in [0.05, 0.1) is 5.75 Å². The maximum absolute atomic E-state index is 12.2. The van der Waals surface area contributed by atoms with Gasteiger partial charge >= 0.3 is 0 Å². The highest BCUT2D eigenvalue weighted by molar-refractivity contribution is 7.90. The molecule has 0 saturated carbocycles. The number of nitrogens with one attached hydrogen (secondary N) is 1. The molecule has 0 bridgehead atoms. The molecule has 1 aliphatic heterocycles. The summed E-state index contributed by atoms with van der Waals surface area (Å²) in [5.74, 6) is -0.438. The predicted molar refractivity (Wildman–Crippen MR) is 67.7 cm³/mol. The van der Waals surface area contributed by atoms with Crippen LogP contribution in [0.4, 0.5) is 0 Å². The quantitative estimate of drug-likeness (QED) is 0.753. The molecular weight excluding hydrogens is 256 g/mol. The zero-order valence-electron chi connectivity index (χ0n) is 11.0. The lowest BCUT2D eigenvalue weighted by Gasteiger charge is -2.29. The third-order valence-corrected chi connectivity index (χ3v) is 4.07. The monoisotopic (exact) mass is 276 g/mol. The first-order chi connectivity index (χ1) is 8.24. The topological polar surface area (TPSA) is 83.6 Å². The molecule has 0 aromatic heterocycles. The smallest absolute Gasteiger partial charge is 0.245 e. The van der Waals surface area contributed by atoms with E-state index in [9.17, 15) is 18.0 Å². The molecule has 18 heavy (non-hydrogen) atoms. The van der Waals surface area contributed by atoms with Crippen molar-refractivity contribution >= 4 is 21.7 Å². The molecule has 6 nitrogen and oxygen atoms in total. The van der Waals surface area contributed by atoms with E-state index in [1.807, 2.05) is 6.92 Å². The zero-order chi connectivity index (χ0) is 13.9. The third kappa shape index (κ3) is 3.97. The molecule has 1 saturated heterocycles. The molecule has 0 spiro atoms. The fourth-order valence-electron chi connectivity index (χ4n) is 2.10. The lowest BCUT2D eigenvalue weighted by Crippen LogP contribution is -2.49. The molecule has 2 unspecified atom stereocenters. The van der Waals surface area contributed by atoms with Gasteiger partial charge in [0.1, 0.15) is 15.9 Å². The van der Waals surface area contributed by atoms with Gasteiger partial charge in [-0.25, -0.2) is 8.42 Å². The Morgan fingerprint density at radius 1 is 1.44 bits per heavy atom. The van der Waals surface area contributed by atoms with Crippen LogP contribution in [0.3, 0.4) is 0 Å². The van der Waals surface area contributed by atoms with Crippen LogP contribution in [-0.4, -0.2) is 55.8 Å². The highest BCUT2D eigenvalue weighted by atomic mass is 32.2. The summed E-state index contributed by atoms with van der Waals surface area (Å²) in [4.78, 5) is 25.1. The summed E-state index contributed by atoms with van der Waals surface area (Å²) in [5, 5.41) is 2.65. The molecule has 2 amide bonds. The lowest BCUT2D eigenvalue weighted by molar-refractivity contribution is -0.135. The Morgan fingerprint density at radius 2 is 2.06 bits per heavy atom. The van der Waals surface area contributed by atoms with Crippen LogP contribution in [0, 0.1) is 0 Å². The molecule has 0 radical (unpaired) electrons. The van der Waals surface area contributed by atoms with Crippen molar-refractivity contribution in [3.8, 4) is 0 Å².